The van der Waals surface area contributed by atoms with Crippen LogP contribution >= 0.6 is 0 Å². The van der Waals surface area contributed by atoms with Crippen molar-refractivity contribution in [3.05, 3.63) is 46.3 Å². The van der Waals surface area contributed by atoms with Gasteiger partial charge in [-0.25, -0.2) is 4.39 Å². The lowest BCUT2D eigenvalue weighted by Gasteiger charge is -2.17. The second-order valence-corrected chi connectivity index (χ2v) is 5.96. The number of nitrogens with one attached hydrogen (secondary N) is 1. The maximum atomic E-state index is 12.9. The number of aromatic nitrogens is 2. The van der Waals surface area contributed by atoms with E-state index in [4.69, 9.17) is 0 Å². The van der Waals surface area contributed by atoms with Gasteiger partial charge in [-0.15, -0.1) is 0 Å². The highest BCUT2D eigenvalue weighted by Crippen LogP contribution is 2.25. The largest absolute Gasteiger partial charge is 0.493 e. The minimum absolute atomic E-state index is 0.0558. The number of hydrogen-bond donors (Lipinski definition) is 2. The highest BCUT2D eigenvalue weighted by atomic mass is 19.1. The van der Waals surface area contributed by atoms with Crippen molar-refractivity contribution in [2.75, 3.05) is 0 Å². The molecule has 0 saturated carbocycles. The molecule has 0 aliphatic heterocycles. The van der Waals surface area contributed by atoms with Crippen LogP contribution in [0.5, 0.6) is 5.88 Å². The van der Waals surface area contributed by atoms with Crippen molar-refractivity contribution in [2.45, 2.75) is 27.2 Å². The van der Waals surface area contributed by atoms with E-state index in [1.54, 1.807) is 0 Å². The van der Waals surface area contributed by atoms with Gasteiger partial charge in [0.2, 0.25) is 5.88 Å². The Balaban J connectivity index is 2.47. The molecular formula is C15H17FN2O2. The van der Waals surface area contributed by atoms with Gasteiger partial charge >= 0.3 is 0 Å². The summed E-state index contributed by atoms with van der Waals surface area (Å²) in [4.78, 5) is 18.8. The van der Waals surface area contributed by atoms with Crippen molar-refractivity contribution in [1.29, 1.82) is 0 Å². The number of rotatable bonds is 2. The second-order valence-electron chi connectivity index (χ2n) is 5.96. The Morgan fingerprint density at radius 3 is 2.35 bits per heavy atom. The van der Waals surface area contributed by atoms with Gasteiger partial charge in [0, 0.05) is 6.42 Å². The van der Waals surface area contributed by atoms with Crippen LogP contribution in [0.25, 0.3) is 11.1 Å². The molecule has 0 spiro atoms. The molecule has 0 unspecified atom stereocenters. The lowest BCUT2D eigenvalue weighted by atomic mass is 9.92. The van der Waals surface area contributed by atoms with Crippen LogP contribution in [0.4, 0.5) is 4.39 Å². The Labute approximate surface area is 116 Å². The molecule has 0 bridgehead atoms. The molecule has 0 fully saturated rings. The van der Waals surface area contributed by atoms with Gasteiger partial charge in [0.05, 0.1) is 0 Å². The lowest BCUT2D eigenvalue weighted by Crippen LogP contribution is -2.18. The van der Waals surface area contributed by atoms with Gasteiger partial charge in [-0.2, -0.15) is 4.98 Å². The molecule has 0 atom stereocenters. The van der Waals surface area contributed by atoms with Crippen molar-refractivity contribution < 1.29 is 9.50 Å². The van der Waals surface area contributed by atoms with Gasteiger partial charge in [-0.3, -0.25) is 4.79 Å². The predicted octanol–water partition coefficient (Wildman–Crippen LogP) is 2.87. The summed E-state index contributed by atoms with van der Waals surface area (Å²) in [6.45, 7) is 6.04. The van der Waals surface area contributed by atoms with Gasteiger partial charge in [0.15, 0.2) is 0 Å². The highest BCUT2D eigenvalue weighted by molar-refractivity contribution is 5.67. The summed E-state index contributed by atoms with van der Waals surface area (Å²) < 4.78 is 12.9. The van der Waals surface area contributed by atoms with Crippen LogP contribution < -0.4 is 5.56 Å². The van der Waals surface area contributed by atoms with E-state index in [9.17, 15) is 14.3 Å². The molecule has 0 radical (unpaired) electrons. The maximum Gasteiger partial charge on any atom is 0.262 e. The average Bonchev–Trinajstić information content (AvgIpc) is 2.28. The summed E-state index contributed by atoms with van der Waals surface area (Å²) in [6.07, 6.45) is 0.541. The van der Waals surface area contributed by atoms with Gasteiger partial charge in [-0.1, -0.05) is 32.9 Å². The number of aromatic hydroxyl groups is 1. The fourth-order valence-electron chi connectivity index (χ4n) is 1.97. The molecule has 1 heterocycles. The molecular weight excluding hydrogens is 259 g/mol. The third-order valence-electron chi connectivity index (χ3n) is 2.78. The summed E-state index contributed by atoms with van der Waals surface area (Å²) in [7, 11) is 0. The van der Waals surface area contributed by atoms with Crippen molar-refractivity contribution in [3.63, 3.8) is 0 Å². The van der Waals surface area contributed by atoms with E-state index in [0.717, 1.165) is 0 Å². The van der Waals surface area contributed by atoms with E-state index in [0.29, 0.717) is 17.8 Å². The van der Waals surface area contributed by atoms with E-state index >= 15 is 0 Å². The van der Waals surface area contributed by atoms with Crippen molar-refractivity contribution in [3.8, 4) is 17.0 Å². The standard InChI is InChI=1S/C15H17FN2O2/c1-15(2,3)8-11-17-13(19)12(14(20)18-11)9-4-6-10(16)7-5-9/h4-7H,8H2,1-3H3,(H2,17,18,19,20). The maximum absolute atomic E-state index is 12.9. The van der Waals surface area contributed by atoms with E-state index in [1.165, 1.54) is 24.3 Å². The molecule has 2 rings (SSSR count). The first-order valence-electron chi connectivity index (χ1n) is 6.34. The molecule has 0 saturated heterocycles. The highest BCUT2D eigenvalue weighted by Gasteiger charge is 2.17. The van der Waals surface area contributed by atoms with Crippen LogP contribution in [-0.2, 0) is 6.42 Å². The smallest absolute Gasteiger partial charge is 0.262 e. The zero-order valence-electron chi connectivity index (χ0n) is 11.7. The lowest BCUT2D eigenvalue weighted by molar-refractivity contribution is 0.392. The van der Waals surface area contributed by atoms with Crippen molar-refractivity contribution >= 4 is 0 Å². The molecule has 106 valence electrons. The minimum atomic E-state index is -0.427. The zero-order valence-corrected chi connectivity index (χ0v) is 11.7. The Hall–Kier alpha value is -2.17. The SMILES string of the molecule is CC(C)(C)Cc1nc(O)c(-c2ccc(F)cc2)c(=O)[nH]1. The Kier molecular flexibility index (Phi) is 3.61. The van der Waals surface area contributed by atoms with Crippen LogP contribution in [-0.4, -0.2) is 15.1 Å². The van der Waals surface area contributed by atoms with Crippen molar-refractivity contribution in [1.82, 2.24) is 9.97 Å². The molecule has 0 amide bonds. The summed E-state index contributed by atoms with van der Waals surface area (Å²) in [5.74, 6) is -0.299. The first-order chi connectivity index (χ1) is 9.26. The third kappa shape index (κ3) is 3.23. The molecule has 1 aromatic carbocycles. The molecule has 2 N–H and O–H groups in total. The summed E-state index contributed by atoms with van der Waals surface area (Å²) in [5, 5.41) is 9.97. The van der Waals surface area contributed by atoms with Crippen LogP contribution in [0.1, 0.15) is 26.6 Å². The minimum Gasteiger partial charge on any atom is -0.493 e. The van der Waals surface area contributed by atoms with Crippen molar-refractivity contribution in [2.24, 2.45) is 5.41 Å². The predicted molar refractivity (Wildman–Crippen MR) is 75.1 cm³/mol. The molecule has 2 aromatic rings. The molecule has 1 aromatic heterocycles. The summed E-state index contributed by atoms with van der Waals surface area (Å²) in [5.41, 5.74) is 0.00531. The summed E-state index contributed by atoms with van der Waals surface area (Å²) in [6, 6.07) is 5.34. The fourth-order valence-corrected chi connectivity index (χ4v) is 1.97. The van der Waals surface area contributed by atoms with E-state index in [1.807, 2.05) is 20.8 Å². The Morgan fingerprint density at radius 1 is 1.25 bits per heavy atom. The van der Waals surface area contributed by atoms with Crippen LogP contribution in [0.3, 0.4) is 0 Å². The number of H-pyrrole nitrogens is 1. The number of hydrogen-bond acceptors (Lipinski definition) is 3. The third-order valence-corrected chi connectivity index (χ3v) is 2.78. The zero-order chi connectivity index (χ0) is 14.9. The van der Waals surface area contributed by atoms with Gasteiger partial charge in [-0.05, 0) is 23.1 Å². The van der Waals surface area contributed by atoms with Gasteiger partial charge in [0.25, 0.3) is 5.56 Å². The topological polar surface area (TPSA) is 66.0 Å². The normalized spacial score (nSPS) is 11.6. The second kappa shape index (κ2) is 5.07. The Morgan fingerprint density at radius 2 is 1.85 bits per heavy atom. The molecule has 4 nitrogen and oxygen atoms in total. The number of halogens is 1. The molecule has 0 aliphatic carbocycles. The van der Waals surface area contributed by atoms with E-state index < -0.39 is 11.4 Å². The number of aromatic amines is 1. The molecule has 20 heavy (non-hydrogen) atoms. The van der Waals surface area contributed by atoms with Gasteiger partial charge < -0.3 is 10.1 Å². The monoisotopic (exact) mass is 276 g/mol. The summed E-state index contributed by atoms with van der Waals surface area (Å²) >= 11 is 0. The van der Waals surface area contributed by atoms with E-state index in [-0.39, 0.29) is 16.9 Å². The van der Waals surface area contributed by atoms with Crippen LogP contribution in [0.2, 0.25) is 0 Å². The van der Waals surface area contributed by atoms with Crippen LogP contribution in [0, 0.1) is 11.2 Å². The van der Waals surface area contributed by atoms with E-state index in [2.05, 4.69) is 9.97 Å². The quantitative estimate of drug-likeness (QED) is 0.886. The molecule has 0 aliphatic rings. The fraction of sp³-hybridized carbons (Fsp3) is 0.333. The molecule has 5 heteroatoms. The Bertz CT molecular complexity index is 670. The van der Waals surface area contributed by atoms with Crippen LogP contribution in [0.15, 0.2) is 29.1 Å². The van der Waals surface area contributed by atoms with Gasteiger partial charge in [0.1, 0.15) is 17.2 Å². The first kappa shape index (κ1) is 14.2. The number of nitrogens with zero attached hydrogens (tertiary/aromatic N) is 1. The number of benzene rings is 1. The average molecular weight is 276 g/mol. The first-order valence-corrected chi connectivity index (χ1v) is 6.34.